The molecule has 1 atom stereocenters. The van der Waals surface area contributed by atoms with Crippen LogP contribution in [0.2, 0.25) is 0 Å². The van der Waals surface area contributed by atoms with Crippen molar-refractivity contribution in [3.8, 4) is 0 Å². The Labute approximate surface area is 87.3 Å². The molecule has 4 nitrogen and oxygen atoms in total. The molecule has 0 aromatic heterocycles. The number of nitrogens with zero attached hydrogens (tertiary/aromatic N) is 2. The Balaban J connectivity index is 3.43. The van der Waals surface area contributed by atoms with Crippen LogP contribution in [0.15, 0.2) is 0 Å². The first kappa shape index (κ1) is 13.4. The minimum atomic E-state index is 0.176. The standard InChI is InChI=1S/C10H23N3O/c1-9(12(2)3)8-11-7-6-10(14)13(4)5/h9,11H,6-8H2,1-5H3. The van der Waals surface area contributed by atoms with Crippen molar-refractivity contribution in [3.05, 3.63) is 0 Å². The van der Waals surface area contributed by atoms with Gasteiger partial charge in [-0.15, -0.1) is 0 Å². The van der Waals surface area contributed by atoms with Gasteiger partial charge < -0.3 is 15.1 Å². The predicted octanol–water partition coefficient (Wildman–Crippen LogP) is 0.00440. The highest BCUT2D eigenvalue weighted by Crippen LogP contribution is 1.89. The second-order valence-corrected chi connectivity index (χ2v) is 4.05. The van der Waals surface area contributed by atoms with Crippen molar-refractivity contribution in [1.82, 2.24) is 15.1 Å². The molecule has 0 rings (SSSR count). The highest BCUT2D eigenvalue weighted by Gasteiger charge is 2.05. The van der Waals surface area contributed by atoms with E-state index in [-0.39, 0.29) is 5.91 Å². The highest BCUT2D eigenvalue weighted by atomic mass is 16.2. The molecule has 0 fully saturated rings. The van der Waals surface area contributed by atoms with Gasteiger partial charge in [0.15, 0.2) is 0 Å². The molecule has 14 heavy (non-hydrogen) atoms. The molecule has 0 aliphatic carbocycles. The Kier molecular flexibility index (Phi) is 6.49. The number of hydrogen-bond donors (Lipinski definition) is 1. The molecule has 0 aromatic carbocycles. The maximum atomic E-state index is 11.2. The lowest BCUT2D eigenvalue weighted by Crippen LogP contribution is -2.37. The van der Waals surface area contributed by atoms with E-state index in [1.165, 1.54) is 0 Å². The maximum Gasteiger partial charge on any atom is 0.223 e. The summed E-state index contributed by atoms with van der Waals surface area (Å²) in [7, 11) is 7.67. The minimum Gasteiger partial charge on any atom is -0.349 e. The van der Waals surface area contributed by atoms with Gasteiger partial charge in [-0.3, -0.25) is 4.79 Å². The first-order valence-electron chi connectivity index (χ1n) is 5.02. The lowest BCUT2D eigenvalue weighted by atomic mass is 10.3. The third-order valence-electron chi connectivity index (χ3n) is 2.34. The van der Waals surface area contributed by atoms with Crippen molar-refractivity contribution in [2.75, 3.05) is 41.3 Å². The zero-order chi connectivity index (χ0) is 11.1. The van der Waals surface area contributed by atoms with Crippen molar-refractivity contribution in [3.63, 3.8) is 0 Å². The number of rotatable bonds is 6. The third kappa shape index (κ3) is 5.94. The lowest BCUT2D eigenvalue weighted by molar-refractivity contribution is -0.128. The number of carbonyl (C=O) groups excluding carboxylic acids is 1. The van der Waals surface area contributed by atoms with Gasteiger partial charge in [0.2, 0.25) is 5.91 Å². The minimum absolute atomic E-state index is 0.176. The van der Waals surface area contributed by atoms with Crippen LogP contribution in [0.3, 0.4) is 0 Å². The molecule has 0 aliphatic rings. The van der Waals surface area contributed by atoms with E-state index in [9.17, 15) is 4.79 Å². The molecule has 1 amide bonds. The molecule has 0 radical (unpaired) electrons. The molecule has 84 valence electrons. The molecule has 0 saturated heterocycles. The van der Waals surface area contributed by atoms with Gasteiger partial charge in [-0.25, -0.2) is 0 Å². The van der Waals surface area contributed by atoms with E-state index in [0.29, 0.717) is 12.5 Å². The summed E-state index contributed by atoms with van der Waals surface area (Å²) in [4.78, 5) is 15.0. The average Bonchev–Trinajstić information content (AvgIpc) is 2.11. The molecule has 0 heterocycles. The van der Waals surface area contributed by atoms with E-state index in [1.807, 2.05) is 0 Å². The predicted molar refractivity (Wildman–Crippen MR) is 59.3 cm³/mol. The molecule has 0 aromatic rings. The van der Waals surface area contributed by atoms with Gasteiger partial charge in [0.1, 0.15) is 0 Å². The maximum absolute atomic E-state index is 11.2. The van der Waals surface area contributed by atoms with Gasteiger partial charge in [0, 0.05) is 39.6 Å². The lowest BCUT2D eigenvalue weighted by Gasteiger charge is -2.20. The number of nitrogens with one attached hydrogen (secondary N) is 1. The van der Waals surface area contributed by atoms with Crippen LogP contribution in [0.1, 0.15) is 13.3 Å². The summed E-state index contributed by atoms with van der Waals surface area (Å²) >= 11 is 0. The number of amides is 1. The molecular formula is C10H23N3O. The Morgan fingerprint density at radius 3 is 2.29 bits per heavy atom. The largest absolute Gasteiger partial charge is 0.349 e. The van der Waals surface area contributed by atoms with Crippen LogP contribution in [0.5, 0.6) is 0 Å². The van der Waals surface area contributed by atoms with Crippen molar-refractivity contribution >= 4 is 5.91 Å². The fraction of sp³-hybridized carbons (Fsp3) is 0.900. The topological polar surface area (TPSA) is 35.6 Å². The van der Waals surface area contributed by atoms with Crippen LogP contribution in [-0.2, 0) is 4.79 Å². The summed E-state index contributed by atoms with van der Waals surface area (Å²) in [6.07, 6.45) is 0.577. The van der Waals surface area contributed by atoms with Crippen LogP contribution >= 0.6 is 0 Å². The van der Waals surface area contributed by atoms with Crippen LogP contribution in [0.4, 0.5) is 0 Å². The van der Waals surface area contributed by atoms with Gasteiger partial charge in [0.05, 0.1) is 0 Å². The van der Waals surface area contributed by atoms with E-state index in [4.69, 9.17) is 0 Å². The summed E-state index contributed by atoms with van der Waals surface area (Å²) in [5.41, 5.74) is 0. The molecule has 0 saturated carbocycles. The van der Waals surface area contributed by atoms with Crippen molar-refractivity contribution in [2.45, 2.75) is 19.4 Å². The van der Waals surface area contributed by atoms with Gasteiger partial charge >= 0.3 is 0 Å². The molecule has 4 heteroatoms. The van der Waals surface area contributed by atoms with E-state index < -0.39 is 0 Å². The Hall–Kier alpha value is -0.610. The van der Waals surface area contributed by atoms with Crippen LogP contribution < -0.4 is 5.32 Å². The van der Waals surface area contributed by atoms with Gasteiger partial charge in [-0.05, 0) is 21.0 Å². The second-order valence-electron chi connectivity index (χ2n) is 4.05. The van der Waals surface area contributed by atoms with Gasteiger partial charge in [-0.1, -0.05) is 0 Å². The Morgan fingerprint density at radius 1 is 1.29 bits per heavy atom. The summed E-state index contributed by atoms with van der Waals surface area (Å²) in [6, 6.07) is 0.504. The molecule has 1 N–H and O–H groups in total. The number of hydrogen-bond acceptors (Lipinski definition) is 3. The Bertz CT molecular complexity index is 169. The number of carbonyl (C=O) groups is 1. The highest BCUT2D eigenvalue weighted by molar-refractivity contribution is 5.75. The van der Waals surface area contributed by atoms with Crippen LogP contribution in [0, 0.1) is 0 Å². The average molecular weight is 201 g/mol. The fourth-order valence-corrected chi connectivity index (χ4v) is 0.912. The van der Waals surface area contributed by atoms with E-state index in [1.54, 1.807) is 19.0 Å². The molecule has 0 aliphatic heterocycles. The summed E-state index contributed by atoms with van der Waals surface area (Å²) in [5.74, 6) is 0.176. The SMILES string of the molecule is CC(CNCCC(=O)N(C)C)N(C)C. The van der Waals surface area contributed by atoms with Crippen LogP contribution in [0.25, 0.3) is 0 Å². The van der Waals surface area contributed by atoms with E-state index in [2.05, 4.69) is 31.2 Å². The van der Waals surface area contributed by atoms with Crippen LogP contribution in [-0.4, -0.2) is 63.0 Å². The summed E-state index contributed by atoms with van der Waals surface area (Å²) in [5, 5.41) is 3.26. The zero-order valence-corrected chi connectivity index (χ0v) is 10.0. The van der Waals surface area contributed by atoms with E-state index in [0.717, 1.165) is 13.1 Å². The van der Waals surface area contributed by atoms with Crippen molar-refractivity contribution in [2.24, 2.45) is 0 Å². The van der Waals surface area contributed by atoms with E-state index >= 15 is 0 Å². The summed E-state index contributed by atoms with van der Waals surface area (Å²) in [6.45, 7) is 3.84. The fourth-order valence-electron chi connectivity index (χ4n) is 0.912. The second kappa shape index (κ2) is 6.79. The first-order valence-corrected chi connectivity index (χ1v) is 5.02. The smallest absolute Gasteiger partial charge is 0.223 e. The molecular weight excluding hydrogens is 178 g/mol. The van der Waals surface area contributed by atoms with Gasteiger partial charge in [0.25, 0.3) is 0 Å². The Morgan fingerprint density at radius 2 is 1.86 bits per heavy atom. The van der Waals surface area contributed by atoms with Gasteiger partial charge in [-0.2, -0.15) is 0 Å². The molecule has 1 unspecified atom stereocenters. The molecule has 0 spiro atoms. The monoisotopic (exact) mass is 201 g/mol. The number of likely N-dealkylation sites (N-methyl/N-ethyl adjacent to an activating group) is 1. The first-order chi connectivity index (χ1) is 6.45. The van der Waals surface area contributed by atoms with Crippen molar-refractivity contribution in [1.29, 1.82) is 0 Å². The molecule has 0 bridgehead atoms. The normalized spacial score (nSPS) is 13.0. The quantitative estimate of drug-likeness (QED) is 0.615. The zero-order valence-electron chi connectivity index (χ0n) is 10.0. The van der Waals surface area contributed by atoms with Crippen molar-refractivity contribution < 1.29 is 4.79 Å². The third-order valence-corrected chi connectivity index (χ3v) is 2.34. The summed E-state index contributed by atoms with van der Waals surface area (Å²) < 4.78 is 0.